The summed E-state index contributed by atoms with van der Waals surface area (Å²) in [5, 5.41) is 0. The summed E-state index contributed by atoms with van der Waals surface area (Å²) in [6.45, 7) is 9.24. The van der Waals surface area contributed by atoms with Crippen LogP contribution in [-0.2, 0) is 25.7 Å². The van der Waals surface area contributed by atoms with Crippen molar-refractivity contribution in [3.63, 3.8) is 0 Å². The summed E-state index contributed by atoms with van der Waals surface area (Å²) < 4.78 is 6.61. The first kappa shape index (κ1) is 27.5. The van der Waals surface area contributed by atoms with Crippen LogP contribution in [0.25, 0.3) is 0 Å². The van der Waals surface area contributed by atoms with Gasteiger partial charge < -0.3 is 4.74 Å². The molecule has 1 heteroatoms. The summed E-state index contributed by atoms with van der Waals surface area (Å²) in [6, 6.07) is 12.9. The lowest BCUT2D eigenvalue weighted by molar-refractivity contribution is 0.471. The van der Waals surface area contributed by atoms with E-state index in [4.69, 9.17) is 4.74 Å². The number of ether oxygens (including phenoxy) is 1. The van der Waals surface area contributed by atoms with Gasteiger partial charge in [-0.25, -0.2) is 0 Å². The van der Waals surface area contributed by atoms with Crippen LogP contribution in [0.15, 0.2) is 36.4 Å². The minimum atomic E-state index is 0.965. The quantitative estimate of drug-likeness (QED) is 0.205. The summed E-state index contributed by atoms with van der Waals surface area (Å²) in [5.74, 6) is 2.10. The minimum Gasteiger partial charge on any atom is -0.457 e. The van der Waals surface area contributed by atoms with E-state index >= 15 is 0 Å². The van der Waals surface area contributed by atoms with E-state index in [1.165, 1.54) is 102 Å². The van der Waals surface area contributed by atoms with Crippen molar-refractivity contribution >= 4 is 0 Å². The molecule has 0 atom stereocenters. The fraction of sp³-hybridized carbons (Fsp3) is 0.625. The summed E-state index contributed by atoms with van der Waals surface area (Å²) >= 11 is 0. The molecule has 184 valence electrons. The Kier molecular flexibility index (Phi) is 14.0. The van der Waals surface area contributed by atoms with Gasteiger partial charge in [0, 0.05) is 0 Å². The van der Waals surface area contributed by atoms with Crippen LogP contribution in [0.4, 0.5) is 0 Å². The number of hydrogen-bond donors (Lipinski definition) is 0. The second-order valence-corrected chi connectivity index (χ2v) is 9.71. The molecule has 0 aliphatic heterocycles. The molecule has 0 amide bonds. The van der Waals surface area contributed by atoms with Gasteiger partial charge in [-0.1, -0.05) is 97.3 Å². The van der Waals surface area contributed by atoms with Crippen molar-refractivity contribution in [3.8, 4) is 11.5 Å². The number of para-hydroxylation sites is 1. The lowest BCUT2D eigenvalue weighted by atomic mass is 9.85. The third kappa shape index (κ3) is 9.55. The molecular formula is C32H50O. The lowest BCUT2D eigenvalue weighted by Crippen LogP contribution is -2.09. The van der Waals surface area contributed by atoms with Crippen LogP contribution in [0.1, 0.15) is 127 Å². The SMILES string of the molecule is CCCCCc1cc(Oc2ccccc2)c(CCCCC)c(CCCCC)c1CCCCC. The van der Waals surface area contributed by atoms with Crippen molar-refractivity contribution in [3.05, 3.63) is 58.7 Å². The molecule has 0 bridgehead atoms. The third-order valence-electron chi connectivity index (χ3n) is 6.83. The molecular weight excluding hydrogens is 400 g/mol. The number of rotatable bonds is 18. The van der Waals surface area contributed by atoms with E-state index < -0.39 is 0 Å². The molecule has 33 heavy (non-hydrogen) atoms. The van der Waals surface area contributed by atoms with Gasteiger partial charge in [0.2, 0.25) is 0 Å². The van der Waals surface area contributed by atoms with Gasteiger partial charge in [0.1, 0.15) is 11.5 Å². The van der Waals surface area contributed by atoms with Crippen LogP contribution in [0, 0.1) is 0 Å². The molecule has 0 aliphatic carbocycles. The zero-order chi connectivity index (χ0) is 23.7. The first-order chi connectivity index (χ1) is 16.2. The highest BCUT2D eigenvalue weighted by atomic mass is 16.5. The molecule has 0 N–H and O–H groups in total. The van der Waals surface area contributed by atoms with Gasteiger partial charge in [-0.05, 0) is 91.8 Å². The Bertz CT molecular complexity index is 762. The van der Waals surface area contributed by atoms with Gasteiger partial charge in [-0.2, -0.15) is 0 Å². The molecule has 0 heterocycles. The van der Waals surface area contributed by atoms with Gasteiger partial charge >= 0.3 is 0 Å². The van der Waals surface area contributed by atoms with E-state index in [1.54, 1.807) is 16.7 Å². The van der Waals surface area contributed by atoms with Gasteiger partial charge in [-0.15, -0.1) is 0 Å². The van der Waals surface area contributed by atoms with E-state index in [0.717, 1.165) is 17.9 Å². The Hall–Kier alpha value is -1.76. The van der Waals surface area contributed by atoms with E-state index in [1.807, 2.05) is 0 Å². The Balaban J connectivity index is 2.54. The zero-order valence-corrected chi connectivity index (χ0v) is 22.2. The molecule has 0 saturated heterocycles. The highest BCUT2D eigenvalue weighted by Gasteiger charge is 2.19. The smallest absolute Gasteiger partial charge is 0.131 e. The Labute approximate surface area is 205 Å². The van der Waals surface area contributed by atoms with Crippen molar-refractivity contribution in [1.29, 1.82) is 0 Å². The highest BCUT2D eigenvalue weighted by Crippen LogP contribution is 2.36. The number of unbranched alkanes of at least 4 members (excludes halogenated alkanes) is 8. The maximum absolute atomic E-state index is 6.61. The van der Waals surface area contributed by atoms with E-state index in [2.05, 4.69) is 64.1 Å². The Morgan fingerprint density at radius 1 is 0.515 bits per heavy atom. The Morgan fingerprint density at radius 3 is 1.55 bits per heavy atom. The van der Waals surface area contributed by atoms with Gasteiger partial charge in [0.25, 0.3) is 0 Å². The number of hydrogen-bond acceptors (Lipinski definition) is 1. The molecule has 2 aromatic rings. The zero-order valence-electron chi connectivity index (χ0n) is 22.2. The molecule has 2 aromatic carbocycles. The molecule has 0 aliphatic rings. The summed E-state index contributed by atoms with van der Waals surface area (Å²) in [7, 11) is 0. The highest BCUT2D eigenvalue weighted by molar-refractivity contribution is 5.52. The fourth-order valence-electron chi connectivity index (χ4n) is 4.89. The first-order valence-electron chi connectivity index (χ1n) is 14.1. The molecule has 0 fully saturated rings. The molecule has 1 nitrogen and oxygen atoms in total. The maximum Gasteiger partial charge on any atom is 0.131 e. The Morgan fingerprint density at radius 2 is 1.00 bits per heavy atom. The van der Waals surface area contributed by atoms with Gasteiger partial charge in [0.15, 0.2) is 0 Å². The van der Waals surface area contributed by atoms with Crippen LogP contribution < -0.4 is 4.74 Å². The van der Waals surface area contributed by atoms with E-state index in [-0.39, 0.29) is 0 Å². The first-order valence-corrected chi connectivity index (χ1v) is 14.1. The summed E-state index contributed by atoms with van der Waals surface area (Å²) in [4.78, 5) is 0. The molecule has 0 unspecified atom stereocenters. The van der Waals surface area contributed by atoms with Crippen molar-refractivity contribution in [1.82, 2.24) is 0 Å². The predicted octanol–water partition coefficient (Wildman–Crippen LogP) is 10.4. The minimum absolute atomic E-state index is 0.965. The van der Waals surface area contributed by atoms with Crippen LogP contribution in [0.2, 0.25) is 0 Å². The second kappa shape index (κ2) is 16.8. The summed E-state index contributed by atoms with van der Waals surface area (Å²) in [5.41, 5.74) is 6.41. The molecule has 0 spiro atoms. The molecule has 0 saturated carbocycles. The molecule has 0 aromatic heterocycles. The maximum atomic E-state index is 6.61. The van der Waals surface area contributed by atoms with Crippen LogP contribution in [0.5, 0.6) is 11.5 Å². The van der Waals surface area contributed by atoms with Crippen molar-refractivity contribution in [2.45, 2.75) is 130 Å². The third-order valence-corrected chi connectivity index (χ3v) is 6.83. The normalized spacial score (nSPS) is 11.2. The molecule has 2 rings (SSSR count). The average molecular weight is 451 g/mol. The van der Waals surface area contributed by atoms with E-state index in [9.17, 15) is 0 Å². The number of aryl methyl sites for hydroxylation is 1. The topological polar surface area (TPSA) is 9.23 Å². The summed E-state index contributed by atoms with van der Waals surface area (Å²) in [6.07, 6.45) is 20.3. The van der Waals surface area contributed by atoms with Crippen LogP contribution in [0.3, 0.4) is 0 Å². The predicted molar refractivity (Wildman–Crippen MR) is 146 cm³/mol. The molecule has 0 radical (unpaired) electrons. The average Bonchev–Trinajstić information content (AvgIpc) is 2.83. The van der Waals surface area contributed by atoms with Crippen LogP contribution >= 0.6 is 0 Å². The fourth-order valence-corrected chi connectivity index (χ4v) is 4.89. The van der Waals surface area contributed by atoms with Crippen molar-refractivity contribution in [2.24, 2.45) is 0 Å². The van der Waals surface area contributed by atoms with Gasteiger partial charge in [-0.3, -0.25) is 0 Å². The second-order valence-electron chi connectivity index (χ2n) is 9.71. The van der Waals surface area contributed by atoms with E-state index in [0.29, 0.717) is 0 Å². The van der Waals surface area contributed by atoms with Crippen molar-refractivity contribution < 1.29 is 4.74 Å². The monoisotopic (exact) mass is 450 g/mol. The van der Waals surface area contributed by atoms with Crippen molar-refractivity contribution in [2.75, 3.05) is 0 Å². The lowest BCUT2D eigenvalue weighted by Gasteiger charge is -2.23. The van der Waals surface area contributed by atoms with Crippen LogP contribution in [-0.4, -0.2) is 0 Å². The van der Waals surface area contributed by atoms with Gasteiger partial charge in [0.05, 0.1) is 0 Å². The standard InChI is InChI=1S/C32H50O/c1-5-9-14-20-27-26-32(33-28-21-18-13-19-22-28)31(25-17-12-8-4)30(24-16-11-7-3)29(27)23-15-10-6-2/h13,18-19,21-22,26H,5-12,14-17,20,23-25H2,1-4H3. The number of benzene rings is 2. The largest absolute Gasteiger partial charge is 0.457 e.